The standard InChI is InChI=1S/C30H27N5OS/c1-22-12-14-25(15-13-22)33-16-18-34(19-17-33)30-31-29(36)27(37-30)20-24-21-35(26-10-6-3-7-11-26)32-28(24)23-8-4-2-5-9-23/h2-15,20-21H,16-19H2,1H3. The van der Waals surface area contributed by atoms with Gasteiger partial charge in [-0.15, -0.1) is 0 Å². The molecule has 0 unspecified atom stereocenters. The van der Waals surface area contributed by atoms with Crippen molar-refractivity contribution in [2.75, 3.05) is 31.1 Å². The van der Waals surface area contributed by atoms with Crippen molar-refractivity contribution in [3.05, 3.63) is 107 Å². The summed E-state index contributed by atoms with van der Waals surface area (Å²) in [5.74, 6) is -0.188. The van der Waals surface area contributed by atoms with Crippen LogP contribution in [0.15, 0.2) is 101 Å². The zero-order valence-electron chi connectivity index (χ0n) is 20.6. The van der Waals surface area contributed by atoms with E-state index in [1.165, 1.54) is 23.0 Å². The van der Waals surface area contributed by atoms with Gasteiger partial charge in [-0.3, -0.25) is 4.79 Å². The van der Waals surface area contributed by atoms with Crippen LogP contribution in [0, 0.1) is 6.92 Å². The van der Waals surface area contributed by atoms with Crippen molar-refractivity contribution in [2.24, 2.45) is 4.99 Å². The molecule has 1 aromatic heterocycles. The summed E-state index contributed by atoms with van der Waals surface area (Å²) in [6.07, 6.45) is 3.91. The van der Waals surface area contributed by atoms with Crippen LogP contribution >= 0.6 is 11.8 Å². The Labute approximate surface area is 220 Å². The normalized spacial score (nSPS) is 16.9. The Bertz CT molecular complexity index is 1470. The molecule has 0 bridgehead atoms. The number of thioether (sulfide) groups is 1. The minimum atomic E-state index is -0.188. The molecule has 0 atom stereocenters. The van der Waals surface area contributed by atoms with E-state index in [1.807, 2.05) is 77.6 Å². The number of aliphatic imine (C=N–C) groups is 1. The second-order valence-electron chi connectivity index (χ2n) is 9.20. The second-order valence-corrected chi connectivity index (χ2v) is 10.2. The Balaban J connectivity index is 1.22. The highest BCUT2D eigenvalue weighted by Crippen LogP contribution is 2.34. The summed E-state index contributed by atoms with van der Waals surface area (Å²) in [7, 11) is 0. The molecule has 0 saturated carbocycles. The van der Waals surface area contributed by atoms with Crippen molar-refractivity contribution in [2.45, 2.75) is 6.92 Å². The van der Waals surface area contributed by atoms with Crippen LogP contribution in [0.5, 0.6) is 0 Å². The average Bonchev–Trinajstić information content (AvgIpc) is 3.54. The lowest BCUT2D eigenvalue weighted by molar-refractivity contribution is -0.113. The number of carbonyl (C=O) groups is 1. The van der Waals surface area contributed by atoms with Crippen molar-refractivity contribution in [1.82, 2.24) is 14.7 Å². The van der Waals surface area contributed by atoms with Gasteiger partial charge >= 0.3 is 0 Å². The van der Waals surface area contributed by atoms with Gasteiger partial charge in [0.05, 0.1) is 16.3 Å². The van der Waals surface area contributed by atoms with E-state index in [2.05, 4.69) is 46.0 Å². The zero-order valence-corrected chi connectivity index (χ0v) is 21.4. The van der Waals surface area contributed by atoms with E-state index in [0.717, 1.165) is 53.9 Å². The molecule has 2 aliphatic heterocycles. The molecule has 7 heteroatoms. The van der Waals surface area contributed by atoms with Crippen LogP contribution in [-0.2, 0) is 4.79 Å². The van der Waals surface area contributed by atoms with E-state index < -0.39 is 0 Å². The van der Waals surface area contributed by atoms with Crippen molar-refractivity contribution in [3.8, 4) is 16.9 Å². The SMILES string of the molecule is Cc1ccc(N2CCN(C3=NC(=O)C(=Cc4cn(-c5ccccc5)nc4-c4ccccc4)S3)CC2)cc1. The van der Waals surface area contributed by atoms with Crippen LogP contribution in [-0.4, -0.2) is 51.9 Å². The van der Waals surface area contributed by atoms with Crippen LogP contribution in [0.2, 0.25) is 0 Å². The molecule has 1 saturated heterocycles. The molecule has 6 nitrogen and oxygen atoms in total. The molecular formula is C30H27N5OS. The van der Waals surface area contributed by atoms with Crippen molar-refractivity contribution in [1.29, 1.82) is 0 Å². The average molecular weight is 506 g/mol. The lowest BCUT2D eigenvalue weighted by Gasteiger charge is -2.36. The van der Waals surface area contributed by atoms with Gasteiger partial charge in [0.25, 0.3) is 5.91 Å². The van der Waals surface area contributed by atoms with Gasteiger partial charge in [0.2, 0.25) is 0 Å². The van der Waals surface area contributed by atoms with E-state index in [1.54, 1.807) is 0 Å². The molecule has 0 aliphatic carbocycles. The van der Waals surface area contributed by atoms with Gasteiger partial charge in [0.1, 0.15) is 0 Å². The fraction of sp³-hybridized carbons (Fsp3) is 0.167. The number of rotatable bonds is 4. The fourth-order valence-corrected chi connectivity index (χ4v) is 5.57. The molecule has 1 fully saturated rings. The number of amidine groups is 1. The number of hydrogen-bond acceptors (Lipinski definition) is 5. The number of carbonyl (C=O) groups excluding carboxylic acids is 1. The Kier molecular flexibility index (Phi) is 6.37. The summed E-state index contributed by atoms with van der Waals surface area (Å²) in [5, 5.41) is 5.66. The largest absolute Gasteiger partial charge is 0.368 e. The molecule has 4 aromatic rings. The van der Waals surface area contributed by atoms with E-state index in [0.29, 0.717) is 4.91 Å². The lowest BCUT2D eigenvalue weighted by atomic mass is 10.1. The summed E-state index contributed by atoms with van der Waals surface area (Å²) in [6, 6.07) is 28.7. The summed E-state index contributed by atoms with van der Waals surface area (Å²) in [6.45, 7) is 5.58. The van der Waals surface area contributed by atoms with Crippen LogP contribution in [0.4, 0.5) is 5.69 Å². The third kappa shape index (κ3) is 4.95. The van der Waals surface area contributed by atoms with Gasteiger partial charge in [-0.25, -0.2) is 4.68 Å². The first-order valence-electron chi connectivity index (χ1n) is 12.4. The number of hydrogen-bond donors (Lipinski definition) is 0. The third-order valence-electron chi connectivity index (χ3n) is 6.66. The molecule has 2 aliphatic rings. The molecule has 3 heterocycles. The van der Waals surface area contributed by atoms with Gasteiger partial charge in [-0.05, 0) is 49.0 Å². The Morgan fingerprint density at radius 2 is 1.43 bits per heavy atom. The van der Waals surface area contributed by atoms with E-state index in [-0.39, 0.29) is 5.91 Å². The van der Waals surface area contributed by atoms with Crippen molar-refractivity contribution in [3.63, 3.8) is 0 Å². The minimum absolute atomic E-state index is 0.188. The van der Waals surface area contributed by atoms with E-state index in [4.69, 9.17) is 5.10 Å². The van der Waals surface area contributed by atoms with Crippen molar-refractivity contribution < 1.29 is 4.79 Å². The summed E-state index contributed by atoms with van der Waals surface area (Å²) < 4.78 is 1.87. The molecule has 3 aromatic carbocycles. The fourth-order valence-electron chi connectivity index (χ4n) is 4.61. The maximum Gasteiger partial charge on any atom is 0.286 e. The topological polar surface area (TPSA) is 53.7 Å². The minimum Gasteiger partial charge on any atom is -0.368 e. The first-order valence-corrected chi connectivity index (χ1v) is 13.3. The zero-order chi connectivity index (χ0) is 25.2. The third-order valence-corrected chi connectivity index (χ3v) is 7.70. The number of aryl methyl sites for hydroxylation is 1. The summed E-state index contributed by atoms with van der Waals surface area (Å²) >= 11 is 1.46. The number of benzene rings is 3. The maximum absolute atomic E-state index is 12.9. The molecular weight excluding hydrogens is 478 g/mol. The van der Waals surface area contributed by atoms with Gasteiger partial charge in [0.15, 0.2) is 5.17 Å². The molecule has 184 valence electrons. The summed E-state index contributed by atoms with van der Waals surface area (Å²) in [5.41, 5.74) is 6.22. The predicted octanol–water partition coefficient (Wildman–Crippen LogP) is 5.64. The highest BCUT2D eigenvalue weighted by Gasteiger charge is 2.29. The van der Waals surface area contributed by atoms with Crippen LogP contribution < -0.4 is 4.90 Å². The molecule has 37 heavy (non-hydrogen) atoms. The second kappa shape index (κ2) is 10.1. The molecule has 0 spiro atoms. The highest BCUT2D eigenvalue weighted by molar-refractivity contribution is 8.18. The Morgan fingerprint density at radius 1 is 0.784 bits per heavy atom. The smallest absolute Gasteiger partial charge is 0.286 e. The van der Waals surface area contributed by atoms with E-state index in [9.17, 15) is 4.79 Å². The number of para-hydroxylation sites is 1. The Hall–Kier alpha value is -4.10. The monoisotopic (exact) mass is 505 g/mol. The highest BCUT2D eigenvalue weighted by atomic mass is 32.2. The molecule has 6 rings (SSSR count). The number of amides is 1. The maximum atomic E-state index is 12.9. The number of nitrogens with zero attached hydrogens (tertiary/aromatic N) is 5. The molecule has 0 N–H and O–H groups in total. The predicted molar refractivity (Wildman–Crippen MR) is 152 cm³/mol. The van der Waals surface area contributed by atoms with E-state index >= 15 is 0 Å². The van der Waals surface area contributed by atoms with Gasteiger partial charge in [-0.1, -0.05) is 66.2 Å². The first-order chi connectivity index (χ1) is 18.1. The number of aromatic nitrogens is 2. The van der Waals surface area contributed by atoms with Gasteiger partial charge < -0.3 is 9.80 Å². The molecule has 0 radical (unpaired) electrons. The Morgan fingerprint density at radius 3 is 2.14 bits per heavy atom. The van der Waals surface area contributed by atoms with Gasteiger partial charge in [0, 0.05) is 49.2 Å². The van der Waals surface area contributed by atoms with Crippen LogP contribution in [0.1, 0.15) is 11.1 Å². The van der Waals surface area contributed by atoms with Gasteiger partial charge in [-0.2, -0.15) is 10.1 Å². The lowest BCUT2D eigenvalue weighted by Crippen LogP contribution is -2.47. The van der Waals surface area contributed by atoms with Crippen LogP contribution in [0.25, 0.3) is 23.0 Å². The van der Waals surface area contributed by atoms with Crippen LogP contribution in [0.3, 0.4) is 0 Å². The first kappa shape index (κ1) is 23.3. The summed E-state index contributed by atoms with van der Waals surface area (Å²) in [4.78, 5) is 22.6. The number of piperazine rings is 1. The quantitative estimate of drug-likeness (QED) is 0.336. The van der Waals surface area contributed by atoms with Crippen molar-refractivity contribution >= 4 is 34.6 Å². The number of anilines is 1. The molecule has 1 amide bonds.